The zero-order chi connectivity index (χ0) is 40.2. The molecule has 0 N–H and O–H groups in total. The zero-order valence-electron chi connectivity index (χ0n) is 28.1. The summed E-state index contributed by atoms with van der Waals surface area (Å²) in [7, 11) is 0. The minimum Gasteiger partial charge on any atom is -0.207 e. The van der Waals surface area contributed by atoms with Crippen molar-refractivity contribution < 1.29 is 70.4 Å². The van der Waals surface area contributed by atoms with Crippen LogP contribution in [0.5, 0.6) is 0 Å². The van der Waals surface area contributed by atoms with Gasteiger partial charge >= 0.3 is 0 Å². The molecule has 17 heteroatoms. The smallest absolute Gasteiger partial charge is 0.200 e. The normalized spacial score (nSPS) is 11.5. The molecule has 0 fully saturated rings. The highest BCUT2D eigenvalue weighted by molar-refractivity contribution is 7.11. The predicted octanol–water partition coefficient (Wildman–Crippen LogP) is 9.48. The molecule has 1 heterocycles. The minimum atomic E-state index is -5.41. The number of nitrogens with zero attached hydrogens (tertiary/aromatic N) is 1. The molecule has 0 unspecified atom stereocenters. The number of pyridine rings is 1. The van der Waals surface area contributed by atoms with E-state index in [0.717, 1.165) is 6.54 Å². The average molecular weight is 781 g/mol. The molecule has 0 aliphatic carbocycles. The van der Waals surface area contributed by atoms with E-state index in [0.29, 0.717) is 0 Å². The van der Waals surface area contributed by atoms with Crippen molar-refractivity contribution in [1.29, 1.82) is 0 Å². The topological polar surface area (TPSA) is 3.88 Å². The molecule has 1 nitrogen and oxygen atoms in total. The number of hydrogen-bond acceptors (Lipinski definition) is 0. The third-order valence-corrected chi connectivity index (χ3v) is 8.97. The van der Waals surface area contributed by atoms with Gasteiger partial charge in [0.15, 0.2) is 64.7 Å². The van der Waals surface area contributed by atoms with E-state index in [-0.39, 0.29) is 6.42 Å². The van der Waals surface area contributed by atoms with Crippen LogP contribution in [-0.4, -0.2) is 6.15 Å². The first-order valence-electron chi connectivity index (χ1n) is 16.3. The van der Waals surface area contributed by atoms with Gasteiger partial charge in [-0.3, -0.25) is 0 Å². The maximum atomic E-state index is 15.1. The van der Waals surface area contributed by atoms with Crippen molar-refractivity contribution in [2.75, 3.05) is 0 Å². The minimum absolute atomic E-state index is 0.316. The van der Waals surface area contributed by atoms with E-state index in [1.165, 1.54) is 30.9 Å². The Morgan fingerprint density at radius 3 is 1.00 bits per heavy atom. The van der Waals surface area contributed by atoms with Crippen LogP contribution in [0.15, 0.2) is 54.9 Å². The van der Waals surface area contributed by atoms with Crippen LogP contribution in [0.2, 0.25) is 6.32 Å². The van der Waals surface area contributed by atoms with Crippen molar-refractivity contribution in [3.8, 4) is 11.1 Å². The lowest BCUT2D eigenvalue weighted by Crippen LogP contribution is -2.73. The Bertz CT molecular complexity index is 1900. The van der Waals surface area contributed by atoms with E-state index < -0.39 is 123 Å². The zero-order valence-corrected chi connectivity index (χ0v) is 28.1. The quantitative estimate of drug-likeness (QED) is 0.0438. The molecule has 0 bridgehead atoms. The van der Waals surface area contributed by atoms with Gasteiger partial charge in [0.1, 0.15) is 47.6 Å². The highest BCUT2D eigenvalue weighted by Gasteiger charge is 2.47. The lowest BCUT2D eigenvalue weighted by atomic mass is 9.13. The summed E-state index contributed by atoms with van der Waals surface area (Å²) < 4.78 is 219. The fraction of sp³-hybridized carbons (Fsp3) is 0.216. The van der Waals surface area contributed by atoms with E-state index in [4.69, 9.17) is 0 Å². The monoisotopic (exact) mass is 781 g/mol. The molecule has 4 aromatic carbocycles. The van der Waals surface area contributed by atoms with Crippen LogP contribution in [0.25, 0.3) is 11.1 Å². The molecule has 54 heavy (non-hydrogen) atoms. The second-order valence-corrected chi connectivity index (χ2v) is 12.2. The van der Waals surface area contributed by atoms with Gasteiger partial charge in [-0.25, -0.2) is 70.4 Å². The number of rotatable bonds is 10. The molecule has 1 aromatic heterocycles. The van der Waals surface area contributed by atoms with Crippen molar-refractivity contribution >= 4 is 22.5 Å². The lowest BCUT2D eigenvalue weighted by Gasteiger charge is -2.44. The molecule has 0 amide bonds. The molecule has 0 aliphatic heterocycles. The highest BCUT2D eigenvalue weighted by Crippen LogP contribution is 2.31. The predicted molar refractivity (Wildman–Crippen MR) is 170 cm³/mol. The van der Waals surface area contributed by atoms with Gasteiger partial charge in [-0.15, -0.1) is 16.4 Å². The van der Waals surface area contributed by atoms with Crippen LogP contribution in [-0.2, 0) is 6.54 Å². The van der Waals surface area contributed by atoms with Crippen LogP contribution >= 0.6 is 0 Å². The molecule has 0 atom stereocenters. The number of hydrogen-bond donors (Lipinski definition) is 0. The summed E-state index contributed by atoms with van der Waals surface area (Å²) in [6.45, 7) is 4.51. The summed E-state index contributed by atoms with van der Waals surface area (Å²) in [5.41, 5.74) is -5.14. The molecule has 0 saturated heterocycles. The van der Waals surface area contributed by atoms with Gasteiger partial charge in [0.2, 0.25) is 0 Å². The van der Waals surface area contributed by atoms with Gasteiger partial charge < -0.3 is 0 Å². The standard InChI is InChI=1S/C22H9BF15.C15H18N/c1-2-3-4-23(5-8(24)14(30)20(36)15(31)9(5)25,6-10(26)16(32)21(37)17(33)11(6)27)7-12(28)18(34)22(38)19(35)13(7)29;1-2-3-11-16-12-9-15(10-13-16)14-7-5-4-6-8-14/h2-4H2,1H3;4-10,12-13H,2-3,11H2,1H3/q-1;+1. The van der Waals surface area contributed by atoms with E-state index >= 15 is 26.3 Å². The van der Waals surface area contributed by atoms with E-state index in [2.05, 4.69) is 60.3 Å². The first-order chi connectivity index (χ1) is 25.5. The van der Waals surface area contributed by atoms with Crippen molar-refractivity contribution in [1.82, 2.24) is 0 Å². The molecule has 0 spiro atoms. The summed E-state index contributed by atoms with van der Waals surface area (Å²) in [5, 5.41) is 0. The molecular formula is C37H27BF15N. The molecule has 288 valence electrons. The largest absolute Gasteiger partial charge is 0.207 e. The second-order valence-electron chi connectivity index (χ2n) is 12.2. The lowest BCUT2D eigenvalue weighted by molar-refractivity contribution is -0.697. The molecular weight excluding hydrogens is 754 g/mol. The summed E-state index contributed by atoms with van der Waals surface area (Å²) in [6, 6.07) is 14.9. The SMILES string of the molecule is CCCC[B-](c1c(F)c(F)c(F)c(F)c1F)(c1c(F)c(F)c(F)c(F)c1F)c1c(F)c(F)c(F)c(F)c1F.CCCC[n+]1ccc(-c2ccccc2)cc1. The van der Waals surface area contributed by atoms with Gasteiger partial charge in [0, 0.05) is 18.6 Å². The number of benzene rings is 4. The maximum absolute atomic E-state index is 15.1. The van der Waals surface area contributed by atoms with Crippen molar-refractivity contribution in [3.63, 3.8) is 0 Å². The number of aryl methyl sites for hydroxylation is 1. The molecule has 0 aliphatic rings. The number of halogens is 15. The fourth-order valence-corrected chi connectivity index (χ4v) is 6.31. The number of unbranched alkanes of at least 4 members (excludes halogenated alkanes) is 2. The molecule has 0 radical (unpaired) electrons. The van der Waals surface area contributed by atoms with Crippen LogP contribution in [0, 0.1) is 87.3 Å². The highest BCUT2D eigenvalue weighted by atomic mass is 19.2. The fourth-order valence-electron chi connectivity index (χ4n) is 6.31. The van der Waals surface area contributed by atoms with Crippen LogP contribution < -0.4 is 21.0 Å². The van der Waals surface area contributed by atoms with Crippen molar-refractivity contribution in [2.45, 2.75) is 52.4 Å². The van der Waals surface area contributed by atoms with Gasteiger partial charge in [-0.05, 0) is 11.1 Å². The Hall–Kier alpha value is -4.96. The van der Waals surface area contributed by atoms with Crippen LogP contribution in [0.3, 0.4) is 0 Å². The Balaban J connectivity index is 0.000000336. The Morgan fingerprint density at radius 1 is 0.389 bits per heavy atom. The summed E-state index contributed by atoms with van der Waals surface area (Å²) in [5.74, 6) is -44.7. The summed E-state index contributed by atoms with van der Waals surface area (Å²) in [6.07, 6.45) is -1.32. The Labute approximate surface area is 298 Å². The Kier molecular flexibility index (Phi) is 13.2. The Morgan fingerprint density at radius 2 is 0.685 bits per heavy atom. The maximum Gasteiger partial charge on any atom is 0.200 e. The van der Waals surface area contributed by atoms with E-state index in [1.807, 2.05) is 6.07 Å². The van der Waals surface area contributed by atoms with Gasteiger partial charge in [-0.2, -0.15) is 6.32 Å². The number of aromatic nitrogens is 1. The van der Waals surface area contributed by atoms with Crippen molar-refractivity contribution in [2.24, 2.45) is 0 Å². The van der Waals surface area contributed by atoms with Crippen molar-refractivity contribution in [3.05, 3.63) is 142 Å². The van der Waals surface area contributed by atoms with E-state index in [9.17, 15) is 39.5 Å². The summed E-state index contributed by atoms with van der Waals surface area (Å²) in [4.78, 5) is 0. The van der Waals surface area contributed by atoms with Crippen LogP contribution in [0.4, 0.5) is 65.9 Å². The molecule has 0 saturated carbocycles. The van der Waals surface area contributed by atoms with Gasteiger partial charge in [0.05, 0.1) is 0 Å². The summed E-state index contributed by atoms with van der Waals surface area (Å²) >= 11 is 0. The van der Waals surface area contributed by atoms with Gasteiger partial charge in [0.25, 0.3) is 0 Å². The third-order valence-electron chi connectivity index (χ3n) is 8.97. The molecule has 5 rings (SSSR count). The van der Waals surface area contributed by atoms with E-state index in [1.54, 1.807) is 0 Å². The first kappa shape index (κ1) is 41.8. The van der Waals surface area contributed by atoms with Gasteiger partial charge in [-0.1, -0.05) is 63.4 Å². The second kappa shape index (κ2) is 17.0. The molecule has 5 aromatic rings. The van der Waals surface area contributed by atoms with Crippen LogP contribution in [0.1, 0.15) is 39.5 Å². The first-order valence-corrected chi connectivity index (χ1v) is 16.3. The average Bonchev–Trinajstić information content (AvgIpc) is 3.18. The third kappa shape index (κ3) is 7.41.